The lowest BCUT2D eigenvalue weighted by Crippen LogP contribution is -1.85. The van der Waals surface area contributed by atoms with E-state index in [0.717, 1.165) is 5.56 Å². The van der Waals surface area contributed by atoms with Crippen LogP contribution in [0.4, 0.5) is 0 Å². The first-order valence-electron chi connectivity index (χ1n) is 3.46. The predicted octanol–water partition coefficient (Wildman–Crippen LogP) is 3.78. The van der Waals surface area contributed by atoms with Crippen LogP contribution in [-0.2, 0) is 0 Å². The van der Waals surface area contributed by atoms with E-state index in [1.807, 2.05) is 18.2 Å². The summed E-state index contributed by atoms with van der Waals surface area (Å²) in [6.45, 7) is 4.12. The van der Waals surface area contributed by atoms with E-state index in [1.54, 1.807) is 0 Å². The van der Waals surface area contributed by atoms with Crippen LogP contribution in [0.1, 0.15) is 21.5 Å². The Morgan fingerprint density at radius 3 is 2.18 bits per heavy atom. The second-order valence-corrected chi connectivity index (χ2v) is 3.74. The Labute approximate surface area is 77.1 Å². The molecule has 0 heterocycles. The Morgan fingerprint density at radius 2 is 1.73 bits per heavy atom. The molecule has 0 nitrogen and oxygen atoms in total. The highest BCUT2D eigenvalue weighted by atomic mass is 35.5. The van der Waals surface area contributed by atoms with E-state index in [1.165, 1.54) is 11.1 Å². The summed E-state index contributed by atoms with van der Waals surface area (Å²) >= 11 is 11.4. The van der Waals surface area contributed by atoms with Crippen molar-refractivity contribution in [3.05, 3.63) is 34.9 Å². The Bertz CT molecular complexity index is 254. The summed E-state index contributed by atoms with van der Waals surface area (Å²) in [4.78, 5) is -0.408. The number of alkyl halides is 2. The van der Waals surface area contributed by atoms with E-state index in [2.05, 4.69) is 13.8 Å². The van der Waals surface area contributed by atoms with Gasteiger partial charge in [0.25, 0.3) is 0 Å². The van der Waals surface area contributed by atoms with Crippen LogP contribution < -0.4 is 0 Å². The molecule has 11 heavy (non-hydrogen) atoms. The number of halogens is 2. The number of hydrogen-bond acceptors (Lipinski definition) is 0. The third kappa shape index (κ3) is 2.11. The standard InChI is InChI=1S/C9H10Cl2/c1-6-3-4-8(9(10)11)5-7(6)2/h3-5,9H,1-2H3. The summed E-state index contributed by atoms with van der Waals surface area (Å²) in [7, 11) is 0. The molecule has 1 rings (SSSR count). The van der Waals surface area contributed by atoms with Crippen LogP contribution in [0.3, 0.4) is 0 Å². The zero-order chi connectivity index (χ0) is 8.43. The fraction of sp³-hybridized carbons (Fsp3) is 0.333. The minimum absolute atomic E-state index is 0.408. The molecule has 0 aliphatic carbocycles. The largest absolute Gasteiger partial charge is 0.132 e. The monoisotopic (exact) mass is 188 g/mol. The number of rotatable bonds is 1. The van der Waals surface area contributed by atoms with Gasteiger partial charge in [0.1, 0.15) is 4.84 Å². The number of aryl methyl sites for hydroxylation is 2. The normalized spacial score (nSPS) is 10.6. The average molecular weight is 189 g/mol. The molecule has 0 amide bonds. The van der Waals surface area contributed by atoms with Crippen molar-refractivity contribution in [1.29, 1.82) is 0 Å². The molecule has 0 unspecified atom stereocenters. The molecule has 0 saturated heterocycles. The van der Waals surface area contributed by atoms with Gasteiger partial charge >= 0.3 is 0 Å². The lowest BCUT2D eigenvalue weighted by Gasteiger charge is -2.04. The minimum Gasteiger partial charge on any atom is -0.100 e. The predicted molar refractivity (Wildman–Crippen MR) is 50.4 cm³/mol. The van der Waals surface area contributed by atoms with Gasteiger partial charge in [0, 0.05) is 0 Å². The first-order valence-corrected chi connectivity index (χ1v) is 4.34. The summed E-state index contributed by atoms with van der Waals surface area (Å²) in [5.41, 5.74) is 3.47. The van der Waals surface area contributed by atoms with Crippen LogP contribution in [0.2, 0.25) is 0 Å². The Hall–Kier alpha value is -0.200. The van der Waals surface area contributed by atoms with Gasteiger partial charge < -0.3 is 0 Å². The third-order valence-electron chi connectivity index (χ3n) is 1.78. The molecule has 1 aromatic rings. The molecule has 2 heteroatoms. The van der Waals surface area contributed by atoms with Gasteiger partial charge in [-0.05, 0) is 30.5 Å². The van der Waals surface area contributed by atoms with E-state index in [9.17, 15) is 0 Å². The molecule has 0 spiro atoms. The molecule has 0 atom stereocenters. The maximum atomic E-state index is 5.69. The number of hydrogen-bond donors (Lipinski definition) is 0. The van der Waals surface area contributed by atoms with E-state index in [4.69, 9.17) is 23.2 Å². The molecular formula is C9H10Cl2. The van der Waals surface area contributed by atoms with Gasteiger partial charge in [-0.2, -0.15) is 0 Å². The van der Waals surface area contributed by atoms with Crippen LogP contribution in [0.25, 0.3) is 0 Å². The van der Waals surface area contributed by atoms with E-state index < -0.39 is 4.84 Å². The summed E-state index contributed by atoms with van der Waals surface area (Å²) in [5, 5.41) is 0. The average Bonchev–Trinajstić information content (AvgIpc) is 1.94. The second kappa shape index (κ2) is 3.46. The van der Waals surface area contributed by atoms with Gasteiger partial charge in [-0.1, -0.05) is 18.2 Å². The third-order valence-corrected chi connectivity index (χ3v) is 2.29. The summed E-state index contributed by atoms with van der Waals surface area (Å²) in [6.07, 6.45) is 0. The van der Waals surface area contributed by atoms with Gasteiger partial charge in [0.05, 0.1) is 0 Å². The Morgan fingerprint density at radius 1 is 1.09 bits per heavy atom. The molecule has 0 bridgehead atoms. The SMILES string of the molecule is Cc1ccc(C(Cl)Cl)cc1C. The van der Waals surface area contributed by atoms with Crippen molar-refractivity contribution in [2.45, 2.75) is 18.7 Å². The highest BCUT2D eigenvalue weighted by Crippen LogP contribution is 2.25. The fourth-order valence-electron chi connectivity index (χ4n) is 0.900. The highest BCUT2D eigenvalue weighted by Gasteiger charge is 2.03. The van der Waals surface area contributed by atoms with Crippen molar-refractivity contribution in [2.24, 2.45) is 0 Å². The van der Waals surface area contributed by atoms with Crippen LogP contribution >= 0.6 is 23.2 Å². The zero-order valence-corrected chi connectivity index (χ0v) is 8.08. The first kappa shape index (κ1) is 8.89. The van der Waals surface area contributed by atoms with Crippen LogP contribution in [0.15, 0.2) is 18.2 Å². The van der Waals surface area contributed by atoms with E-state index in [0.29, 0.717) is 0 Å². The van der Waals surface area contributed by atoms with Crippen LogP contribution in [0, 0.1) is 13.8 Å². The second-order valence-electron chi connectivity index (χ2n) is 2.64. The maximum Gasteiger partial charge on any atom is 0.132 e. The van der Waals surface area contributed by atoms with E-state index >= 15 is 0 Å². The molecule has 0 aromatic heterocycles. The zero-order valence-electron chi connectivity index (χ0n) is 6.57. The first-order chi connectivity index (χ1) is 5.11. The van der Waals surface area contributed by atoms with Crippen molar-refractivity contribution < 1.29 is 0 Å². The van der Waals surface area contributed by atoms with Crippen molar-refractivity contribution in [3.8, 4) is 0 Å². The van der Waals surface area contributed by atoms with Crippen LogP contribution in [-0.4, -0.2) is 0 Å². The summed E-state index contributed by atoms with van der Waals surface area (Å²) in [5.74, 6) is 0. The van der Waals surface area contributed by atoms with Crippen LogP contribution in [0.5, 0.6) is 0 Å². The molecule has 0 aliphatic heterocycles. The lowest BCUT2D eigenvalue weighted by atomic mass is 10.1. The lowest BCUT2D eigenvalue weighted by molar-refractivity contribution is 1.26. The van der Waals surface area contributed by atoms with Crippen molar-refractivity contribution in [1.82, 2.24) is 0 Å². The highest BCUT2D eigenvalue weighted by molar-refractivity contribution is 6.44. The molecule has 0 N–H and O–H groups in total. The van der Waals surface area contributed by atoms with Crippen molar-refractivity contribution in [3.63, 3.8) is 0 Å². The number of benzene rings is 1. The van der Waals surface area contributed by atoms with Crippen molar-refractivity contribution >= 4 is 23.2 Å². The minimum atomic E-state index is -0.408. The molecule has 0 radical (unpaired) electrons. The smallest absolute Gasteiger partial charge is 0.100 e. The molecule has 0 fully saturated rings. The Kier molecular flexibility index (Phi) is 2.80. The van der Waals surface area contributed by atoms with Gasteiger partial charge in [0.2, 0.25) is 0 Å². The quantitative estimate of drug-likeness (QED) is 0.589. The molecule has 1 aromatic carbocycles. The molecule has 0 aliphatic rings. The summed E-state index contributed by atoms with van der Waals surface area (Å²) < 4.78 is 0. The van der Waals surface area contributed by atoms with Crippen molar-refractivity contribution in [2.75, 3.05) is 0 Å². The molecule has 60 valence electrons. The van der Waals surface area contributed by atoms with Gasteiger partial charge in [-0.3, -0.25) is 0 Å². The Balaban J connectivity index is 3.05. The fourth-order valence-corrected chi connectivity index (χ4v) is 1.17. The van der Waals surface area contributed by atoms with Gasteiger partial charge in [0.15, 0.2) is 0 Å². The topological polar surface area (TPSA) is 0 Å². The summed E-state index contributed by atoms with van der Waals surface area (Å²) in [6, 6.07) is 6.00. The maximum absolute atomic E-state index is 5.69. The molecule has 0 saturated carbocycles. The van der Waals surface area contributed by atoms with E-state index in [-0.39, 0.29) is 0 Å². The van der Waals surface area contributed by atoms with Gasteiger partial charge in [-0.25, -0.2) is 0 Å². The molecular weight excluding hydrogens is 179 g/mol. The van der Waals surface area contributed by atoms with Gasteiger partial charge in [-0.15, -0.1) is 23.2 Å².